The second-order valence-corrected chi connectivity index (χ2v) is 5.02. The number of urea groups is 1. The van der Waals surface area contributed by atoms with Gasteiger partial charge < -0.3 is 35.7 Å². The predicted molar refractivity (Wildman–Crippen MR) is 69.9 cm³/mol. The first kappa shape index (κ1) is 17.1. The number of aliphatic hydroxyl groups excluding tert-OH is 5. The molecule has 118 valence electrons. The molecule has 1 aliphatic heterocycles. The zero-order valence-corrected chi connectivity index (χ0v) is 11.4. The van der Waals surface area contributed by atoms with Crippen LogP contribution in [0.25, 0.3) is 0 Å². The molecular weight excluding hydrogens is 268 g/mol. The van der Waals surface area contributed by atoms with Crippen LogP contribution >= 0.6 is 0 Å². The Bertz CT molecular complexity index is 298. The third kappa shape index (κ3) is 4.57. The first-order valence-corrected chi connectivity index (χ1v) is 6.82. The zero-order valence-electron chi connectivity index (χ0n) is 11.4. The first-order valence-electron chi connectivity index (χ1n) is 6.82. The molecule has 0 aliphatic carbocycles. The number of nitrogens with zero attached hydrogens (tertiary/aromatic N) is 1. The summed E-state index contributed by atoms with van der Waals surface area (Å²) < 4.78 is 0. The number of aliphatic hydroxyl groups is 5. The number of nitrogens with one attached hydrogen (secondary N) is 1. The Morgan fingerprint density at radius 1 is 1.00 bits per heavy atom. The Labute approximate surface area is 117 Å². The lowest BCUT2D eigenvalue weighted by Crippen LogP contribution is -2.57. The lowest BCUT2D eigenvalue weighted by molar-refractivity contribution is -0.0905. The highest BCUT2D eigenvalue weighted by Gasteiger charge is 2.32. The van der Waals surface area contributed by atoms with E-state index in [4.69, 9.17) is 5.11 Å². The fourth-order valence-corrected chi connectivity index (χ4v) is 2.16. The predicted octanol–water partition coefficient (Wildman–Crippen LogP) is -2.38. The van der Waals surface area contributed by atoms with Gasteiger partial charge in [0.1, 0.15) is 18.3 Å². The van der Waals surface area contributed by atoms with Gasteiger partial charge in [0.2, 0.25) is 0 Å². The molecule has 20 heavy (non-hydrogen) atoms. The van der Waals surface area contributed by atoms with E-state index in [9.17, 15) is 25.2 Å². The van der Waals surface area contributed by atoms with Crippen LogP contribution in [0.1, 0.15) is 19.3 Å². The van der Waals surface area contributed by atoms with Crippen LogP contribution in [0.4, 0.5) is 4.79 Å². The summed E-state index contributed by atoms with van der Waals surface area (Å²) in [6, 6.07) is -1.53. The maximum atomic E-state index is 11.9. The Morgan fingerprint density at radius 3 is 2.10 bits per heavy atom. The standard InChI is InChI=1S/C12H24N2O6/c15-6-8(10(18)11(19)9(17)7-16)13-12(20)14-4-2-1-3-5-14/h8-11,15-19H,1-7H2,(H,13,20)/t8-,9+,10+,11+/m0/s1. The van der Waals surface area contributed by atoms with Crippen LogP contribution < -0.4 is 5.32 Å². The molecule has 0 unspecified atom stereocenters. The van der Waals surface area contributed by atoms with Crippen molar-refractivity contribution in [2.24, 2.45) is 0 Å². The fraction of sp³-hybridized carbons (Fsp3) is 0.917. The third-order valence-electron chi connectivity index (χ3n) is 3.49. The molecule has 1 rings (SSSR count). The van der Waals surface area contributed by atoms with E-state index < -0.39 is 43.6 Å². The van der Waals surface area contributed by atoms with Gasteiger partial charge in [0.05, 0.1) is 19.3 Å². The number of hydrogen-bond acceptors (Lipinski definition) is 6. The van der Waals surface area contributed by atoms with Crippen molar-refractivity contribution in [1.82, 2.24) is 10.2 Å². The monoisotopic (exact) mass is 292 g/mol. The van der Waals surface area contributed by atoms with Crippen LogP contribution in [0.2, 0.25) is 0 Å². The topological polar surface area (TPSA) is 133 Å². The highest BCUT2D eigenvalue weighted by Crippen LogP contribution is 2.10. The van der Waals surface area contributed by atoms with E-state index in [1.807, 2.05) is 0 Å². The van der Waals surface area contributed by atoms with Gasteiger partial charge in [0, 0.05) is 13.1 Å². The normalized spacial score (nSPS) is 21.9. The molecule has 1 aliphatic rings. The lowest BCUT2D eigenvalue weighted by Gasteiger charge is -2.32. The van der Waals surface area contributed by atoms with Gasteiger partial charge in [-0.2, -0.15) is 0 Å². The van der Waals surface area contributed by atoms with E-state index >= 15 is 0 Å². The number of hydrogen-bond donors (Lipinski definition) is 6. The summed E-state index contributed by atoms with van der Waals surface area (Å²) in [6.07, 6.45) is -1.88. The average molecular weight is 292 g/mol. The molecule has 8 heteroatoms. The van der Waals surface area contributed by atoms with Crippen LogP contribution in [-0.4, -0.2) is 87.1 Å². The van der Waals surface area contributed by atoms with Gasteiger partial charge in [-0.1, -0.05) is 0 Å². The Balaban J connectivity index is 2.54. The van der Waals surface area contributed by atoms with E-state index in [1.165, 1.54) is 0 Å². The van der Waals surface area contributed by atoms with Crippen LogP contribution in [0, 0.1) is 0 Å². The second-order valence-electron chi connectivity index (χ2n) is 5.02. The number of carbonyl (C=O) groups is 1. The van der Waals surface area contributed by atoms with E-state index in [1.54, 1.807) is 4.90 Å². The van der Waals surface area contributed by atoms with Crippen molar-refractivity contribution in [2.45, 2.75) is 43.6 Å². The Hall–Kier alpha value is -0.930. The quantitative estimate of drug-likeness (QED) is 0.324. The molecular formula is C12H24N2O6. The van der Waals surface area contributed by atoms with Gasteiger partial charge in [0.15, 0.2) is 0 Å². The van der Waals surface area contributed by atoms with E-state index in [-0.39, 0.29) is 0 Å². The number of amides is 2. The summed E-state index contributed by atoms with van der Waals surface area (Å²) in [5.74, 6) is 0. The van der Waals surface area contributed by atoms with Gasteiger partial charge in [-0.05, 0) is 19.3 Å². The van der Waals surface area contributed by atoms with Crippen molar-refractivity contribution in [3.05, 3.63) is 0 Å². The van der Waals surface area contributed by atoms with Crippen LogP contribution in [0.5, 0.6) is 0 Å². The summed E-state index contributed by atoms with van der Waals surface area (Å²) in [5.41, 5.74) is 0. The molecule has 0 aromatic carbocycles. The molecule has 8 nitrogen and oxygen atoms in total. The molecule has 1 saturated heterocycles. The fourth-order valence-electron chi connectivity index (χ4n) is 2.16. The molecule has 4 atom stereocenters. The second kappa shape index (κ2) is 8.38. The van der Waals surface area contributed by atoms with Crippen molar-refractivity contribution in [2.75, 3.05) is 26.3 Å². The van der Waals surface area contributed by atoms with Crippen LogP contribution in [0.3, 0.4) is 0 Å². The molecule has 0 aromatic rings. The summed E-state index contributed by atoms with van der Waals surface area (Å²) in [6.45, 7) is -0.0871. The molecule has 0 bridgehead atoms. The molecule has 1 fully saturated rings. The van der Waals surface area contributed by atoms with Crippen molar-refractivity contribution in [1.29, 1.82) is 0 Å². The maximum Gasteiger partial charge on any atom is 0.317 e. The van der Waals surface area contributed by atoms with Crippen LogP contribution in [0.15, 0.2) is 0 Å². The molecule has 2 amide bonds. The average Bonchev–Trinajstić information content (AvgIpc) is 2.50. The van der Waals surface area contributed by atoms with Crippen molar-refractivity contribution in [3.8, 4) is 0 Å². The summed E-state index contributed by atoms with van der Waals surface area (Å²) in [5, 5.41) is 49.0. The van der Waals surface area contributed by atoms with Gasteiger partial charge in [-0.3, -0.25) is 0 Å². The lowest BCUT2D eigenvalue weighted by atomic mass is 10.0. The molecule has 1 heterocycles. The summed E-state index contributed by atoms with van der Waals surface area (Å²) in [4.78, 5) is 13.5. The van der Waals surface area contributed by atoms with Crippen molar-refractivity contribution < 1.29 is 30.3 Å². The number of piperidine rings is 1. The minimum Gasteiger partial charge on any atom is -0.394 e. The van der Waals surface area contributed by atoms with Gasteiger partial charge >= 0.3 is 6.03 Å². The van der Waals surface area contributed by atoms with Crippen LogP contribution in [-0.2, 0) is 0 Å². The van der Waals surface area contributed by atoms with E-state index in [0.717, 1.165) is 19.3 Å². The molecule has 0 spiro atoms. The smallest absolute Gasteiger partial charge is 0.317 e. The van der Waals surface area contributed by atoms with Gasteiger partial charge in [-0.15, -0.1) is 0 Å². The SMILES string of the molecule is O=C(N[C@@H](CO)[C@@H](O)[C@H](O)[C@H](O)CO)N1CCCCC1. The summed E-state index contributed by atoms with van der Waals surface area (Å²) >= 11 is 0. The summed E-state index contributed by atoms with van der Waals surface area (Å²) in [7, 11) is 0. The maximum absolute atomic E-state index is 11.9. The third-order valence-corrected chi connectivity index (χ3v) is 3.49. The minimum atomic E-state index is -1.65. The Kier molecular flexibility index (Phi) is 7.17. The first-order chi connectivity index (χ1) is 9.51. The molecule has 0 saturated carbocycles. The van der Waals surface area contributed by atoms with E-state index in [2.05, 4.69) is 5.32 Å². The van der Waals surface area contributed by atoms with Crippen molar-refractivity contribution >= 4 is 6.03 Å². The van der Waals surface area contributed by atoms with Gasteiger partial charge in [-0.25, -0.2) is 4.79 Å². The number of rotatable bonds is 6. The highest BCUT2D eigenvalue weighted by atomic mass is 16.4. The van der Waals surface area contributed by atoms with E-state index in [0.29, 0.717) is 13.1 Å². The van der Waals surface area contributed by atoms with Gasteiger partial charge in [0.25, 0.3) is 0 Å². The number of carbonyl (C=O) groups excluding carboxylic acids is 1. The minimum absolute atomic E-state index is 0.423. The molecule has 6 N–H and O–H groups in total. The Morgan fingerprint density at radius 2 is 1.60 bits per heavy atom. The van der Waals surface area contributed by atoms with Crippen molar-refractivity contribution in [3.63, 3.8) is 0 Å². The number of likely N-dealkylation sites (tertiary alicyclic amines) is 1. The highest BCUT2D eigenvalue weighted by molar-refractivity contribution is 5.74. The largest absolute Gasteiger partial charge is 0.394 e. The molecule has 0 radical (unpaired) electrons. The molecule has 0 aromatic heterocycles. The zero-order chi connectivity index (χ0) is 15.1.